The van der Waals surface area contributed by atoms with Crippen LogP contribution in [0.5, 0.6) is 0 Å². The maximum atomic E-state index is 12.1. The first kappa shape index (κ1) is 15.1. The van der Waals surface area contributed by atoms with Crippen molar-refractivity contribution in [1.29, 1.82) is 0 Å². The maximum Gasteiger partial charge on any atom is 0.225 e. The van der Waals surface area contributed by atoms with Crippen LogP contribution in [-0.4, -0.2) is 49.2 Å². The van der Waals surface area contributed by atoms with Crippen LogP contribution in [-0.2, 0) is 26.0 Å². The van der Waals surface area contributed by atoms with Crippen molar-refractivity contribution in [2.45, 2.75) is 25.4 Å². The van der Waals surface area contributed by atoms with Crippen LogP contribution in [0.1, 0.15) is 18.6 Å². The van der Waals surface area contributed by atoms with E-state index >= 15 is 0 Å². The van der Waals surface area contributed by atoms with Crippen LogP contribution >= 0.6 is 0 Å². The number of carbonyl (C=O) groups excluding carboxylic acids is 2. The van der Waals surface area contributed by atoms with Gasteiger partial charge >= 0.3 is 0 Å². The zero-order valence-corrected chi connectivity index (χ0v) is 12.8. The number of hydrogen-bond acceptors (Lipinski definition) is 5. The monoisotopic (exact) mass is 326 g/mol. The average Bonchev–Trinajstić information content (AvgIpc) is 3.16. The Bertz CT molecular complexity index is 667. The summed E-state index contributed by atoms with van der Waals surface area (Å²) in [5.74, 6) is 0.0200. The quantitative estimate of drug-likeness (QED) is 0.835. The molecule has 7 nitrogen and oxygen atoms in total. The Hall–Kier alpha value is -1.83. The zero-order chi connectivity index (χ0) is 15.7. The minimum Gasteiger partial charge on any atom is -0.467 e. The largest absolute Gasteiger partial charge is 0.467 e. The molecular formula is C14H18N2O5S. The van der Waals surface area contributed by atoms with Gasteiger partial charge in [-0.25, -0.2) is 8.42 Å². The molecule has 8 heteroatoms. The normalized spacial score (nSPS) is 27.3. The second-order valence-electron chi connectivity index (χ2n) is 5.80. The van der Waals surface area contributed by atoms with E-state index in [9.17, 15) is 18.0 Å². The van der Waals surface area contributed by atoms with E-state index in [4.69, 9.17) is 4.42 Å². The lowest BCUT2D eigenvalue weighted by Crippen LogP contribution is -2.38. The van der Waals surface area contributed by atoms with Crippen LogP contribution < -0.4 is 5.32 Å². The number of amides is 2. The topological polar surface area (TPSA) is 96.7 Å². The van der Waals surface area contributed by atoms with E-state index in [-0.39, 0.29) is 42.3 Å². The Morgan fingerprint density at radius 2 is 2.27 bits per heavy atom. The first-order valence-corrected chi connectivity index (χ1v) is 9.07. The van der Waals surface area contributed by atoms with Gasteiger partial charge < -0.3 is 14.6 Å². The SMILES string of the molecule is O=C(NCc1ccco1)[C@@H]1CC(=O)N([C@H]2CCS(=O)(=O)C2)C1. The second-order valence-corrected chi connectivity index (χ2v) is 8.03. The summed E-state index contributed by atoms with van der Waals surface area (Å²) in [5.41, 5.74) is 0. The van der Waals surface area contributed by atoms with Crippen molar-refractivity contribution in [3.8, 4) is 0 Å². The molecule has 0 bridgehead atoms. The molecule has 0 unspecified atom stereocenters. The van der Waals surface area contributed by atoms with E-state index in [0.717, 1.165) is 0 Å². The highest BCUT2D eigenvalue weighted by atomic mass is 32.2. The summed E-state index contributed by atoms with van der Waals surface area (Å²) in [7, 11) is -3.04. The molecule has 2 aliphatic rings. The molecule has 2 amide bonds. The Morgan fingerprint density at radius 3 is 2.91 bits per heavy atom. The van der Waals surface area contributed by atoms with Gasteiger partial charge in [0.2, 0.25) is 11.8 Å². The molecule has 2 fully saturated rings. The summed E-state index contributed by atoms with van der Waals surface area (Å²) in [4.78, 5) is 25.7. The van der Waals surface area contributed by atoms with Crippen LogP contribution in [0.4, 0.5) is 0 Å². The van der Waals surface area contributed by atoms with Crippen LogP contribution in [0.15, 0.2) is 22.8 Å². The third kappa shape index (κ3) is 3.16. The summed E-state index contributed by atoms with van der Waals surface area (Å²) in [5, 5.41) is 2.75. The van der Waals surface area contributed by atoms with Gasteiger partial charge in [-0.1, -0.05) is 0 Å². The Morgan fingerprint density at radius 1 is 1.45 bits per heavy atom. The van der Waals surface area contributed by atoms with Crippen molar-refractivity contribution in [2.24, 2.45) is 5.92 Å². The van der Waals surface area contributed by atoms with Gasteiger partial charge in [0.1, 0.15) is 5.76 Å². The molecule has 0 spiro atoms. The number of likely N-dealkylation sites (tertiary alicyclic amines) is 1. The average molecular weight is 326 g/mol. The van der Waals surface area contributed by atoms with Crippen molar-refractivity contribution < 1.29 is 22.4 Å². The lowest BCUT2D eigenvalue weighted by molar-refractivity contribution is -0.130. The van der Waals surface area contributed by atoms with Crippen molar-refractivity contribution in [3.63, 3.8) is 0 Å². The van der Waals surface area contributed by atoms with E-state index in [1.807, 2.05) is 0 Å². The molecule has 0 aliphatic carbocycles. The number of nitrogens with one attached hydrogen (secondary N) is 1. The highest BCUT2D eigenvalue weighted by molar-refractivity contribution is 7.91. The molecule has 0 radical (unpaired) electrons. The summed E-state index contributed by atoms with van der Waals surface area (Å²) >= 11 is 0. The van der Waals surface area contributed by atoms with Crippen LogP contribution in [0, 0.1) is 5.92 Å². The molecule has 1 aromatic heterocycles. The van der Waals surface area contributed by atoms with E-state index in [0.29, 0.717) is 18.7 Å². The van der Waals surface area contributed by atoms with Gasteiger partial charge in [-0.05, 0) is 18.6 Å². The fourth-order valence-electron chi connectivity index (χ4n) is 3.01. The highest BCUT2D eigenvalue weighted by Gasteiger charge is 2.41. The summed E-state index contributed by atoms with van der Waals surface area (Å²) in [6.07, 6.45) is 2.14. The first-order valence-electron chi connectivity index (χ1n) is 7.24. The minimum absolute atomic E-state index is 0.0134. The molecular weight excluding hydrogens is 308 g/mol. The molecule has 0 saturated carbocycles. The van der Waals surface area contributed by atoms with E-state index in [1.54, 1.807) is 17.0 Å². The summed E-state index contributed by atoms with van der Waals surface area (Å²) in [6, 6.07) is 3.22. The number of furan rings is 1. The molecule has 3 rings (SSSR count). The van der Waals surface area contributed by atoms with Crippen LogP contribution in [0.25, 0.3) is 0 Å². The standard InChI is InChI=1S/C14H18N2O5S/c17-13-6-10(14(18)15-7-12-2-1-4-21-12)8-16(13)11-3-5-22(19,20)9-11/h1-2,4,10-11H,3,5-9H2,(H,15,18)/t10-,11+/m1/s1. The predicted octanol–water partition coefficient (Wildman–Crippen LogP) is -0.0686. The van der Waals surface area contributed by atoms with E-state index in [2.05, 4.69) is 5.32 Å². The molecule has 1 aromatic rings. The van der Waals surface area contributed by atoms with Crippen LogP contribution in [0.2, 0.25) is 0 Å². The molecule has 22 heavy (non-hydrogen) atoms. The number of hydrogen-bond donors (Lipinski definition) is 1. The predicted molar refractivity (Wildman–Crippen MR) is 77.4 cm³/mol. The first-order chi connectivity index (χ1) is 10.4. The van der Waals surface area contributed by atoms with Gasteiger partial charge in [-0.3, -0.25) is 9.59 Å². The van der Waals surface area contributed by atoms with Gasteiger partial charge in [-0.15, -0.1) is 0 Å². The lowest BCUT2D eigenvalue weighted by Gasteiger charge is -2.22. The van der Waals surface area contributed by atoms with Crippen LogP contribution in [0.3, 0.4) is 0 Å². The number of sulfone groups is 1. The zero-order valence-electron chi connectivity index (χ0n) is 12.0. The third-order valence-corrected chi connectivity index (χ3v) is 5.95. The highest BCUT2D eigenvalue weighted by Crippen LogP contribution is 2.26. The third-order valence-electron chi connectivity index (χ3n) is 4.20. The molecule has 1 N–H and O–H groups in total. The van der Waals surface area contributed by atoms with Crippen molar-refractivity contribution in [2.75, 3.05) is 18.1 Å². The van der Waals surface area contributed by atoms with Gasteiger partial charge in [-0.2, -0.15) is 0 Å². The molecule has 120 valence electrons. The Balaban J connectivity index is 1.56. The van der Waals surface area contributed by atoms with Crippen molar-refractivity contribution in [3.05, 3.63) is 24.2 Å². The van der Waals surface area contributed by atoms with Gasteiger partial charge in [0, 0.05) is 19.0 Å². The smallest absolute Gasteiger partial charge is 0.225 e. The van der Waals surface area contributed by atoms with Gasteiger partial charge in [0.05, 0.1) is 30.2 Å². The molecule has 2 aliphatic heterocycles. The summed E-state index contributed by atoms with van der Waals surface area (Å²) in [6.45, 7) is 0.581. The lowest BCUT2D eigenvalue weighted by atomic mass is 10.1. The Labute approximate surface area is 128 Å². The number of carbonyl (C=O) groups is 2. The molecule has 0 aromatic carbocycles. The molecule has 2 saturated heterocycles. The van der Waals surface area contributed by atoms with E-state index < -0.39 is 15.8 Å². The van der Waals surface area contributed by atoms with Gasteiger partial charge in [0.25, 0.3) is 0 Å². The van der Waals surface area contributed by atoms with Crippen molar-refractivity contribution in [1.82, 2.24) is 10.2 Å². The van der Waals surface area contributed by atoms with Gasteiger partial charge in [0.15, 0.2) is 9.84 Å². The fraction of sp³-hybridized carbons (Fsp3) is 0.571. The second kappa shape index (κ2) is 5.75. The van der Waals surface area contributed by atoms with E-state index in [1.165, 1.54) is 6.26 Å². The minimum atomic E-state index is -3.04. The van der Waals surface area contributed by atoms with Crippen molar-refractivity contribution >= 4 is 21.7 Å². The Kier molecular flexibility index (Phi) is 3.94. The number of rotatable bonds is 4. The molecule has 2 atom stereocenters. The fourth-order valence-corrected chi connectivity index (χ4v) is 4.74. The number of nitrogens with zero attached hydrogens (tertiary/aromatic N) is 1. The molecule has 3 heterocycles. The summed E-state index contributed by atoms with van der Waals surface area (Å²) < 4.78 is 28.2. The maximum absolute atomic E-state index is 12.1.